The third-order valence-electron chi connectivity index (χ3n) is 12.5. The van der Waals surface area contributed by atoms with E-state index in [0.717, 1.165) is 70.6 Å². The normalized spacial score (nSPS) is 12.5. The molecule has 0 aliphatic heterocycles. The number of unbranched alkanes of at least 4 members (excludes halogenated alkanes) is 31. The topological polar surface area (TPSA) is 78.9 Å². The standard InChI is InChI=1S/C61H108O6/c1-4-7-10-13-16-19-22-25-28-30-33-36-39-42-45-48-51-54-60(63)66-57-58(56-65-59(62)53-50-47-44-41-38-35-32-27-24-21-18-15-12-9-6-3)67-61(64)55-52-49-46-43-40-37-34-31-29-26-23-20-17-14-11-8-5-2/h16,19,25,27-28,32-33,36,42,45,58H,4-15,17-18,20-24,26,29-31,34-35,37-41,43-44,46-57H2,1-3H3. The second-order valence-electron chi connectivity index (χ2n) is 19.2. The molecule has 0 saturated carbocycles. The third kappa shape index (κ3) is 53.9. The molecule has 0 aromatic heterocycles. The summed E-state index contributed by atoms with van der Waals surface area (Å²) in [6.07, 6.45) is 69.3. The maximum absolute atomic E-state index is 12.9. The summed E-state index contributed by atoms with van der Waals surface area (Å²) in [5, 5.41) is 0. The van der Waals surface area contributed by atoms with Gasteiger partial charge in [0.15, 0.2) is 6.10 Å². The molecule has 0 fully saturated rings. The molecule has 1 atom stereocenters. The second-order valence-corrected chi connectivity index (χ2v) is 19.2. The predicted molar refractivity (Wildman–Crippen MR) is 288 cm³/mol. The molecule has 67 heavy (non-hydrogen) atoms. The van der Waals surface area contributed by atoms with Gasteiger partial charge in [-0.3, -0.25) is 14.4 Å². The van der Waals surface area contributed by atoms with Gasteiger partial charge >= 0.3 is 17.9 Å². The molecule has 0 amide bonds. The molecule has 1 unspecified atom stereocenters. The Morgan fingerprint density at radius 2 is 0.552 bits per heavy atom. The first kappa shape index (κ1) is 64.1. The molecule has 388 valence electrons. The summed E-state index contributed by atoms with van der Waals surface area (Å²) in [6, 6.07) is 0. The van der Waals surface area contributed by atoms with E-state index in [1.807, 2.05) is 0 Å². The monoisotopic (exact) mass is 937 g/mol. The van der Waals surface area contributed by atoms with Gasteiger partial charge in [0.05, 0.1) is 0 Å². The Labute approximate surface area is 415 Å². The maximum atomic E-state index is 12.9. The quantitative estimate of drug-likeness (QED) is 0.0262. The molecule has 6 heteroatoms. The van der Waals surface area contributed by atoms with E-state index in [-0.39, 0.29) is 37.5 Å². The highest BCUT2D eigenvalue weighted by Crippen LogP contribution is 2.16. The highest BCUT2D eigenvalue weighted by atomic mass is 16.6. The molecular formula is C61H108O6. The molecular weight excluding hydrogens is 829 g/mol. The number of allylic oxidation sites excluding steroid dienone is 10. The van der Waals surface area contributed by atoms with E-state index < -0.39 is 6.10 Å². The minimum atomic E-state index is -0.797. The van der Waals surface area contributed by atoms with Crippen LogP contribution in [0.25, 0.3) is 0 Å². The van der Waals surface area contributed by atoms with E-state index in [1.54, 1.807) is 0 Å². The first-order valence-corrected chi connectivity index (χ1v) is 28.8. The lowest BCUT2D eigenvalue weighted by Crippen LogP contribution is -2.30. The summed E-state index contributed by atoms with van der Waals surface area (Å²) < 4.78 is 16.8. The largest absolute Gasteiger partial charge is 0.462 e. The van der Waals surface area contributed by atoms with Crippen LogP contribution in [0.4, 0.5) is 0 Å². The summed E-state index contributed by atoms with van der Waals surface area (Å²) in [6.45, 7) is 6.58. The number of esters is 3. The lowest BCUT2D eigenvalue weighted by molar-refractivity contribution is -0.167. The lowest BCUT2D eigenvalue weighted by atomic mass is 10.0. The van der Waals surface area contributed by atoms with Crippen molar-refractivity contribution in [3.8, 4) is 0 Å². The summed E-state index contributed by atoms with van der Waals surface area (Å²) >= 11 is 0. The van der Waals surface area contributed by atoms with Gasteiger partial charge in [-0.25, -0.2) is 0 Å². The lowest BCUT2D eigenvalue weighted by Gasteiger charge is -2.18. The Bertz CT molecular complexity index is 1210. The van der Waals surface area contributed by atoms with Crippen LogP contribution < -0.4 is 0 Å². The molecule has 0 aromatic carbocycles. The van der Waals surface area contributed by atoms with Gasteiger partial charge in [0.25, 0.3) is 0 Å². The maximum Gasteiger partial charge on any atom is 0.306 e. The average Bonchev–Trinajstić information content (AvgIpc) is 3.33. The van der Waals surface area contributed by atoms with E-state index >= 15 is 0 Å². The van der Waals surface area contributed by atoms with Gasteiger partial charge < -0.3 is 14.2 Å². The highest BCUT2D eigenvalue weighted by Gasteiger charge is 2.19. The van der Waals surface area contributed by atoms with Gasteiger partial charge in [0.2, 0.25) is 0 Å². The minimum absolute atomic E-state index is 0.0931. The number of carbonyl (C=O) groups excluding carboxylic acids is 3. The molecule has 0 rings (SSSR count). The molecule has 0 spiro atoms. The van der Waals surface area contributed by atoms with Crippen LogP contribution in [0.3, 0.4) is 0 Å². The Hall–Kier alpha value is -2.89. The summed E-state index contributed by atoms with van der Waals surface area (Å²) in [7, 11) is 0. The van der Waals surface area contributed by atoms with Crippen molar-refractivity contribution in [2.24, 2.45) is 0 Å². The average molecular weight is 938 g/mol. The van der Waals surface area contributed by atoms with Gasteiger partial charge in [-0.05, 0) is 83.5 Å². The molecule has 0 aliphatic carbocycles. The second kappa shape index (κ2) is 55.7. The summed E-state index contributed by atoms with van der Waals surface area (Å²) in [5.41, 5.74) is 0. The predicted octanol–water partition coefficient (Wildman–Crippen LogP) is 19.2. The molecule has 0 N–H and O–H groups in total. The van der Waals surface area contributed by atoms with Crippen LogP contribution in [-0.2, 0) is 28.6 Å². The van der Waals surface area contributed by atoms with E-state index in [4.69, 9.17) is 14.2 Å². The van der Waals surface area contributed by atoms with E-state index in [9.17, 15) is 14.4 Å². The van der Waals surface area contributed by atoms with Crippen molar-refractivity contribution in [3.05, 3.63) is 60.8 Å². The smallest absolute Gasteiger partial charge is 0.306 e. The van der Waals surface area contributed by atoms with Gasteiger partial charge in [0.1, 0.15) is 13.2 Å². The zero-order valence-electron chi connectivity index (χ0n) is 44.4. The van der Waals surface area contributed by atoms with Gasteiger partial charge in [0, 0.05) is 19.3 Å². The van der Waals surface area contributed by atoms with Crippen LogP contribution in [0.1, 0.15) is 290 Å². The Balaban J connectivity index is 4.45. The van der Waals surface area contributed by atoms with Crippen LogP contribution >= 0.6 is 0 Å². The first-order chi connectivity index (χ1) is 33.0. The molecule has 0 radical (unpaired) electrons. The molecule has 6 nitrogen and oxygen atoms in total. The van der Waals surface area contributed by atoms with E-state index in [0.29, 0.717) is 19.3 Å². The first-order valence-electron chi connectivity index (χ1n) is 28.8. The fraction of sp³-hybridized carbons (Fsp3) is 0.787. The van der Waals surface area contributed by atoms with Crippen LogP contribution in [0.2, 0.25) is 0 Å². The van der Waals surface area contributed by atoms with E-state index in [1.165, 1.54) is 173 Å². The zero-order valence-corrected chi connectivity index (χ0v) is 44.4. The summed E-state index contributed by atoms with van der Waals surface area (Å²) in [4.78, 5) is 38.1. The Morgan fingerprint density at radius 3 is 0.940 bits per heavy atom. The van der Waals surface area contributed by atoms with Crippen molar-refractivity contribution < 1.29 is 28.6 Å². The SMILES string of the molecule is CCCCCC=CCC=CCC=CCC=CCCCC(=O)OCC(COC(=O)CCCCCCCC=CCCCCCCCC)OC(=O)CCCCCCCCCCCCCCCCCCC. The molecule has 0 bridgehead atoms. The van der Waals surface area contributed by atoms with Gasteiger partial charge in [-0.2, -0.15) is 0 Å². The number of rotatable bonds is 52. The minimum Gasteiger partial charge on any atom is -0.462 e. The Kier molecular flexibility index (Phi) is 53.3. The summed E-state index contributed by atoms with van der Waals surface area (Å²) in [5.74, 6) is -0.947. The fourth-order valence-corrected chi connectivity index (χ4v) is 8.14. The van der Waals surface area contributed by atoms with Crippen molar-refractivity contribution in [1.29, 1.82) is 0 Å². The van der Waals surface area contributed by atoms with Gasteiger partial charge in [-0.15, -0.1) is 0 Å². The number of carbonyl (C=O) groups is 3. The Morgan fingerprint density at radius 1 is 0.299 bits per heavy atom. The van der Waals surface area contributed by atoms with Crippen molar-refractivity contribution in [1.82, 2.24) is 0 Å². The van der Waals surface area contributed by atoms with Crippen molar-refractivity contribution in [3.63, 3.8) is 0 Å². The van der Waals surface area contributed by atoms with Crippen LogP contribution in [0.5, 0.6) is 0 Å². The molecule has 0 heterocycles. The van der Waals surface area contributed by atoms with Crippen LogP contribution in [-0.4, -0.2) is 37.2 Å². The number of hydrogen-bond acceptors (Lipinski definition) is 6. The third-order valence-corrected chi connectivity index (χ3v) is 12.5. The van der Waals surface area contributed by atoms with Crippen LogP contribution in [0, 0.1) is 0 Å². The van der Waals surface area contributed by atoms with Crippen molar-refractivity contribution >= 4 is 17.9 Å². The van der Waals surface area contributed by atoms with Gasteiger partial charge in [-0.1, -0.05) is 248 Å². The van der Waals surface area contributed by atoms with Crippen molar-refractivity contribution in [2.75, 3.05) is 13.2 Å². The van der Waals surface area contributed by atoms with Crippen molar-refractivity contribution in [2.45, 2.75) is 297 Å². The number of ether oxygens (including phenoxy) is 3. The molecule has 0 saturated heterocycles. The highest BCUT2D eigenvalue weighted by molar-refractivity contribution is 5.71. The van der Waals surface area contributed by atoms with E-state index in [2.05, 4.69) is 81.5 Å². The molecule has 0 aliphatic rings. The van der Waals surface area contributed by atoms with Crippen LogP contribution in [0.15, 0.2) is 60.8 Å². The molecule has 0 aromatic rings. The number of hydrogen-bond donors (Lipinski definition) is 0. The zero-order chi connectivity index (χ0) is 48.6. The fourth-order valence-electron chi connectivity index (χ4n) is 8.14.